The van der Waals surface area contributed by atoms with E-state index in [1.54, 1.807) is 12.0 Å². The predicted octanol–water partition coefficient (Wildman–Crippen LogP) is 2.16. The average molecular weight is 335 g/mol. The quantitative estimate of drug-likeness (QED) is 0.800. The fourth-order valence-corrected chi connectivity index (χ4v) is 2.82. The Morgan fingerprint density at radius 2 is 2.25 bits per heavy atom. The molecule has 1 fully saturated rings. The molecule has 0 bridgehead atoms. The summed E-state index contributed by atoms with van der Waals surface area (Å²) in [6.07, 6.45) is 3.67. The van der Waals surface area contributed by atoms with Crippen LogP contribution in [0.25, 0.3) is 0 Å². The Hall–Kier alpha value is -1.95. The van der Waals surface area contributed by atoms with Crippen molar-refractivity contribution in [3.8, 4) is 11.5 Å². The third kappa shape index (κ3) is 5.30. The third-order valence-corrected chi connectivity index (χ3v) is 4.12. The summed E-state index contributed by atoms with van der Waals surface area (Å²) in [4.78, 5) is 13.9. The van der Waals surface area contributed by atoms with Crippen molar-refractivity contribution in [2.24, 2.45) is 5.73 Å². The summed E-state index contributed by atoms with van der Waals surface area (Å²) in [7, 11) is 1.64. The number of nitrogens with zero attached hydrogens (tertiary/aromatic N) is 1. The van der Waals surface area contributed by atoms with Crippen LogP contribution in [-0.2, 0) is 6.42 Å². The van der Waals surface area contributed by atoms with Gasteiger partial charge in [0.05, 0.1) is 13.7 Å². The van der Waals surface area contributed by atoms with Crippen molar-refractivity contribution < 1.29 is 14.3 Å². The van der Waals surface area contributed by atoms with Gasteiger partial charge >= 0.3 is 6.03 Å². The van der Waals surface area contributed by atoms with Gasteiger partial charge in [-0.1, -0.05) is 13.0 Å². The van der Waals surface area contributed by atoms with Crippen LogP contribution in [0.2, 0.25) is 0 Å². The van der Waals surface area contributed by atoms with E-state index in [0.717, 1.165) is 49.3 Å². The van der Waals surface area contributed by atoms with E-state index in [4.69, 9.17) is 15.2 Å². The average Bonchev–Trinajstić information content (AvgIpc) is 2.60. The monoisotopic (exact) mass is 335 g/mol. The molecule has 0 aromatic heterocycles. The minimum absolute atomic E-state index is 0.0278. The largest absolute Gasteiger partial charge is 0.493 e. The van der Waals surface area contributed by atoms with E-state index in [1.807, 2.05) is 18.2 Å². The van der Waals surface area contributed by atoms with Gasteiger partial charge in [0.25, 0.3) is 0 Å². The number of carbonyl (C=O) groups excluding carboxylic acids is 1. The number of nitrogens with two attached hydrogens (primary N) is 1. The van der Waals surface area contributed by atoms with E-state index in [1.165, 1.54) is 0 Å². The molecule has 0 spiro atoms. The molecule has 1 aromatic rings. The Kier molecular flexibility index (Phi) is 7.18. The number of piperidine rings is 1. The van der Waals surface area contributed by atoms with Crippen molar-refractivity contribution in [2.75, 3.05) is 33.4 Å². The van der Waals surface area contributed by atoms with Gasteiger partial charge in [0.1, 0.15) is 0 Å². The van der Waals surface area contributed by atoms with Crippen molar-refractivity contribution in [1.29, 1.82) is 0 Å². The Morgan fingerprint density at radius 1 is 1.42 bits per heavy atom. The number of nitrogens with one attached hydrogen (secondary N) is 1. The molecule has 0 saturated carbocycles. The predicted molar refractivity (Wildman–Crippen MR) is 94.7 cm³/mol. The number of methoxy groups -OCH3 is 1. The second-order valence-electron chi connectivity index (χ2n) is 6.16. The summed E-state index contributed by atoms with van der Waals surface area (Å²) in [5.41, 5.74) is 7.02. The molecule has 3 N–H and O–H groups in total. The highest BCUT2D eigenvalue weighted by molar-refractivity contribution is 5.74. The van der Waals surface area contributed by atoms with Gasteiger partial charge in [-0.2, -0.15) is 0 Å². The summed E-state index contributed by atoms with van der Waals surface area (Å²) in [5, 5.41) is 2.97. The van der Waals surface area contributed by atoms with Crippen LogP contribution < -0.4 is 20.5 Å². The molecule has 1 aromatic carbocycles. The normalized spacial score (nSPS) is 17.5. The summed E-state index contributed by atoms with van der Waals surface area (Å²) in [6.45, 7) is 4.76. The zero-order valence-electron chi connectivity index (χ0n) is 14.7. The molecule has 1 atom stereocenters. The van der Waals surface area contributed by atoms with E-state index >= 15 is 0 Å². The lowest BCUT2D eigenvalue weighted by Gasteiger charge is -2.30. The van der Waals surface area contributed by atoms with Crippen LogP contribution in [0, 0.1) is 0 Å². The van der Waals surface area contributed by atoms with Crippen LogP contribution in [-0.4, -0.2) is 50.3 Å². The highest BCUT2D eigenvalue weighted by Gasteiger charge is 2.20. The lowest BCUT2D eigenvalue weighted by atomic mass is 10.1. The molecular formula is C18H29N3O3. The van der Waals surface area contributed by atoms with Gasteiger partial charge in [0, 0.05) is 25.7 Å². The maximum absolute atomic E-state index is 12.1. The van der Waals surface area contributed by atoms with E-state index in [2.05, 4.69) is 12.2 Å². The molecule has 134 valence electrons. The fourth-order valence-electron chi connectivity index (χ4n) is 2.82. The third-order valence-electron chi connectivity index (χ3n) is 4.12. The van der Waals surface area contributed by atoms with Crippen LogP contribution in [0.3, 0.4) is 0 Å². The highest BCUT2D eigenvalue weighted by Crippen LogP contribution is 2.28. The number of rotatable bonds is 7. The van der Waals surface area contributed by atoms with Gasteiger partial charge < -0.3 is 25.4 Å². The van der Waals surface area contributed by atoms with Crippen molar-refractivity contribution in [2.45, 2.75) is 38.6 Å². The first kappa shape index (κ1) is 18.4. The van der Waals surface area contributed by atoms with E-state index in [-0.39, 0.29) is 12.1 Å². The minimum Gasteiger partial charge on any atom is -0.493 e. The van der Waals surface area contributed by atoms with Crippen LogP contribution in [0.1, 0.15) is 31.7 Å². The van der Waals surface area contributed by atoms with Crippen LogP contribution in [0.4, 0.5) is 4.79 Å². The number of carbonyl (C=O) groups is 1. The van der Waals surface area contributed by atoms with E-state index < -0.39 is 0 Å². The second-order valence-corrected chi connectivity index (χ2v) is 6.16. The Morgan fingerprint density at radius 3 is 2.96 bits per heavy atom. The highest BCUT2D eigenvalue weighted by atomic mass is 16.5. The number of urea groups is 1. The molecule has 6 heteroatoms. The van der Waals surface area contributed by atoms with Gasteiger partial charge in [-0.15, -0.1) is 0 Å². The summed E-state index contributed by atoms with van der Waals surface area (Å²) in [5.74, 6) is 1.49. The molecule has 1 saturated heterocycles. The molecule has 2 rings (SSSR count). The van der Waals surface area contributed by atoms with Gasteiger partial charge in [0.2, 0.25) is 0 Å². The van der Waals surface area contributed by atoms with Crippen molar-refractivity contribution in [1.82, 2.24) is 10.2 Å². The first-order valence-electron chi connectivity index (χ1n) is 8.72. The standard InChI is InChI=1S/C18H29N3O3/c1-3-11-24-16-7-6-14(12-17(16)23-2)8-9-20-18(22)21-10-4-5-15(19)13-21/h6-7,12,15H,3-5,8-11,13,19H2,1-2H3,(H,20,22)/t15-/m0/s1. The van der Waals surface area contributed by atoms with Crippen molar-refractivity contribution >= 4 is 6.03 Å². The maximum atomic E-state index is 12.1. The Bertz CT molecular complexity index is 536. The van der Waals surface area contributed by atoms with E-state index in [9.17, 15) is 4.79 Å². The Labute approximate surface area is 144 Å². The molecule has 6 nitrogen and oxygen atoms in total. The molecule has 1 aliphatic heterocycles. The van der Waals surface area contributed by atoms with Gasteiger partial charge in [0.15, 0.2) is 11.5 Å². The molecular weight excluding hydrogens is 306 g/mol. The van der Waals surface area contributed by atoms with Crippen molar-refractivity contribution in [3.63, 3.8) is 0 Å². The number of ether oxygens (including phenoxy) is 2. The number of hydrogen-bond donors (Lipinski definition) is 2. The van der Waals surface area contributed by atoms with E-state index in [0.29, 0.717) is 19.7 Å². The van der Waals surface area contributed by atoms with Crippen LogP contribution >= 0.6 is 0 Å². The van der Waals surface area contributed by atoms with Gasteiger partial charge in [-0.3, -0.25) is 0 Å². The molecule has 0 radical (unpaired) electrons. The van der Waals surface area contributed by atoms with Crippen LogP contribution in [0.15, 0.2) is 18.2 Å². The van der Waals surface area contributed by atoms with Crippen LogP contribution in [0.5, 0.6) is 11.5 Å². The maximum Gasteiger partial charge on any atom is 0.317 e. The summed E-state index contributed by atoms with van der Waals surface area (Å²) >= 11 is 0. The SMILES string of the molecule is CCCOc1ccc(CCNC(=O)N2CCC[C@H](N)C2)cc1OC. The van der Waals surface area contributed by atoms with Gasteiger partial charge in [-0.05, 0) is 43.4 Å². The number of amides is 2. The number of benzene rings is 1. The fraction of sp³-hybridized carbons (Fsp3) is 0.611. The zero-order valence-corrected chi connectivity index (χ0v) is 14.7. The molecule has 0 unspecified atom stereocenters. The smallest absolute Gasteiger partial charge is 0.317 e. The molecule has 1 heterocycles. The lowest BCUT2D eigenvalue weighted by molar-refractivity contribution is 0.180. The van der Waals surface area contributed by atoms with Crippen molar-refractivity contribution in [3.05, 3.63) is 23.8 Å². The summed E-state index contributed by atoms with van der Waals surface area (Å²) in [6, 6.07) is 5.98. The number of hydrogen-bond acceptors (Lipinski definition) is 4. The minimum atomic E-state index is -0.0278. The van der Waals surface area contributed by atoms with Gasteiger partial charge in [-0.25, -0.2) is 4.79 Å². The first-order valence-corrected chi connectivity index (χ1v) is 8.72. The first-order chi connectivity index (χ1) is 11.6. The molecule has 1 aliphatic rings. The molecule has 24 heavy (non-hydrogen) atoms. The number of likely N-dealkylation sites (tertiary alicyclic amines) is 1. The summed E-state index contributed by atoms with van der Waals surface area (Å²) < 4.78 is 11.0. The zero-order chi connectivity index (χ0) is 17.4. The topological polar surface area (TPSA) is 76.8 Å². The second kappa shape index (κ2) is 9.37. The molecule has 0 aliphatic carbocycles. The molecule has 2 amide bonds. The lowest BCUT2D eigenvalue weighted by Crippen LogP contribution is -2.49. The Balaban J connectivity index is 1.82.